The van der Waals surface area contributed by atoms with Gasteiger partial charge in [-0.15, -0.1) is 0 Å². The summed E-state index contributed by atoms with van der Waals surface area (Å²) < 4.78 is 14.4. The molecule has 0 aliphatic heterocycles. The molecule has 0 bridgehead atoms. The molecule has 4 nitrogen and oxygen atoms in total. The fourth-order valence-electron chi connectivity index (χ4n) is 1.23. The van der Waals surface area contributed by atoms with E-state index in [1.165, 1.54) is 30.6 Å². The van der Waals surface area contributed by atoms with E-state index in [1.54, 1.807) is 6.07 Å². The van der Waals surface area contributed by atoms with Crippen molar-refractivity contribution >= 4 is 5.69 Å². The van der Waals surface area contributed by atoms with Crippen molar-refractivity contribution < 1.29 is 4.39 Å². The van der Waals surface area contributed by atoms with Crippen molar-refractivity contribution in [3.05, 3.63) is 52.8 Å². The third-order valence-electron chi connectivity index (χ3n) is 1.94. The third-order valence-corrected chi connectivity index (χ3v) is 1.94. The molecule has 76 valence electrons. The number of rotatable bonds is 1. The molecule has 0 aliphatic carbocycles. The summed E-state index contributed by atoms with van der Waals surface area (Å²) in [6.07, 6.45) is 2.83. The second-order valence-electron chi connectivity index (χ2n) is 2.95. The molecular weight excluding hydrogens is 197 g/mol. The van der Waals surface area contributed by atoms with Crippen LogP contribution < -0.4 is 11.3 Å². The summed E-state index contributed by atoms with van der Waals surface area (Å²) in [6, 6.07) is 5.71. The van der Waals surface area contributed by atoms with E-state index in [0.717, 1.165) is 4.57 Å². The van der Waals surface area contributed by atoms with Gasteiger partial charge in [0.15, 0.2) is 11.6 Å². The maximum absolute atomic E-state index is 13.3. The fraction of sp³-hybridized carbons (Fsp3) is 0. The lowest BCUT2D eigenvalue weighted by atomic mass is 10.4. The highest BCUT2D eigenvalue weighted by Crippen LogP contribution is 2.07. The molecule has 5 heteroatoms. The van der Waals surface area contributed by atoms with Gasteiger partial charge in [-0.2, -0.15) is 0 Å². The lowest BCUT2D eigenvalue weighted by Crippen LogP contribution is -2.22. The minimum absolute atomic E-state index is 0.0465. The molecule has 0 atom stereocenters. The number of halogens is 1. The van der Waals surface area contributed by atoms with Crippen LogP contribution in [0.3, 0.4) is 0 Å². The summed E-state index contributed by atoms with van der Waals surface area (Å²) in [4.78, 5) is 15.3. The van der Waals surface area contributed by atoms with Crippen LogP contribution >= 0.6 is 0 Å². The van der Waals surface area contributed by atoms with Crippen molar-refractivity contribution in [3.63, 3.8) is 0 Å². The Kier molecular flexibility index (Phi) is 2.21. The van der Waals surface area contributed by atoms with Gasteiger partial charge in [-0.05, 0) is 24.3 Å². The van der Waals surface area contributed by atoms with Crippen molar-refractivity contribution in [2.75, 3.05) is 5.73 Å². The number of pyridine rings is 2. The van der Waals surface area contributed by atoms with Crippen LogP contribution in [0.15, 0.2) is 41.5 Å². The standard InChI is InChI=1S/C10H8FN3O/c11-7-3-1-5-13-9(7)14-6-2-4-8(12)10(14)15/h1-6H,12H2. The Labute approximate surface area is 84.8 Å². The van der Waals surface area contributed by atoms with E-state index in [2.05, 4.69) is 4.98 Å². The first-order valence-electron chi connectivity index (χ1n) is 4.28. The summed E-state index contributed by atoms with van der Waals surface area (Å²) in [5.41, 5.74) is 5.01. The van der Waals surface area contributed by atoms with Gasteiger partial charge in [-0.1, -0.05) is 0 Å². The summed E-state index contributed by atoms with van der Waals surface area (Å²) in [7, 11) is 0. The highest BCUT2D eigenvalue weighted by atomic mass is 19.1. The number of anilines is 1. The molecule has 0 saturated carbocycles. The first kappa shape index (κ1) is 9.39. The molecule has 2 heterocycles. The molecule has 0 fully saturated rings. The Balaban J connectivity index is 2.70. The lowest BCUT2D eigenvalue weighted by molar-refractivity contribution is 0.607. The van der Waals surface area contributed by atoms with Crippen molar-refractivity contribution in [2.45, 2.75) is 0 Å². The SMILES string of the molecule is Nc1cccn(-c2ncccc2F)c1=O. The van der Waals surface area contributed by atoms with E-state index >= 15 is 0 Å². The number of hydrogen-bond acceptors (Lipinski definition) is 3. The number of nitrogen functional groups attached to an aromatic ring is 1. The van der Waals surface area contributed by atoms with E-state index in [1.807, 2.05) is 0 Å². The Hall–Kier alpha value is -2.17. The molecule has 2 rings (SSSR count). The van der Waals surface area contributed by atoms with Crippen LogP contribution in [0, 0.1) is 5.82 Å². The molecule has 0 spiro atoms. The molecule has 0 radical (unpaired) electrons. The summed E-state index contributed by atoms with van der Waals surface area (Å²) in [5, 5.41) is 0. The van der Waals surface area contributed by atoms with Crippen LogP contribution in [0.25, 0.3) is 5.82 Å². The minimum atomic E-state index is -0.565. The predicted octanol–water partition coefficient (Wildman–Crippen LogP) is 0.954. The zero-order valence-electron chi connectivity index (χ0n) is 7.72. The Bertz CT molecular complexity index is 550. The first-order valence-corrected chi connectivity index (χ1v) is 4.28. The quantitative estimate of drug-likeness (QED) is 0.754. The maximum atomic E-state index is 13.3. The van der Waals surface area contributed by atoms with E-state index in [4.69, 9.17) is 5.73 Å². The van der Waals surface area contributed by atoms with Crippen molar-refractivity contribution in [3.8, 4) is 5.82 Å². The molecular formula is C10H8FN3O. The second-order valence-corrected chi connectivity index (χ2v) is 2.95. The zero-order valence-corrected chi connectivity index (χ0v) is 7.72. The number of nitrogens with two attached hydrogens (primary N) is 1. The summed E-state index contributed by atoms with van der Waals surface area (Å²) in [5.74, 6) is -0.611. The molecule has 2 aromatic rings. The molecule has 0 aromatic carbocycles. The van der Waals surface area contributed by atoms with Crippen molar-refractivity contribution in [2.24, 2.45) is 0 Å². The molecule has 0 aliphatic rings. The van der Waals surface area contributed by atoms with Gasteiger partial charge in [0.25, 0.3) is 5.56 Å². The Morgan fingerprint density at radius 1 is 1.33 bits per heavy atom. The Morgan fingerprint density at radius 3 is 2.87 bits per heavy atom. The molecule has 0 unspecified atom stereocenters. The van der Waals surface area contributed by atoms with E-state index < -0.39 is 11.4 Å². The highest BCUT2D eigenvalue weighted by Gasteiger charge is 2.07. The fourth-order valence-corrected chi connectivity index (χ4v) is 1.23. The smallest absolute Gasteiger partial charge is 0.279 e. The van der Waals surface area contributed by atoms with E-state index in [0.29, 0.717) is 0 Å². The summed E-state index contributed by atoms with van der Waals surface area (Å²) >= 11 is 0. The normalized spacial score (nSPS) is 10.2. The van der Waals surface area contributed by atoms with Gasteiger partial charge >= 0.3 is 0 Å². The highest BCUT2D eigenvalue weighted by molar-refractivity contribution is 5.37. The van der Waals surface area contributed by atoms with Gasteiger partial charge in [0.05, 0.1) is 5.69 Å². The predicted molar refractivity (Wildman–Crippen MR) is 54.2 cm³/mol. The average Bonchev–Trinajstić information content (AvgIpc) is 2.23. The number of nitrogens with zero attached hydrogens (tertiary/aromatic N) is 2. The monoisotopic (exact) mass is 205 g/mol. The van der Waals surface area contributed by atoms with Crippen LogP contribution in [-0.2, 0) is 0 Å². The average molecular weight is 205 g/mol. The molecule has 0 saturated heterocycles. The maximum Gasteiger partial charge on any atom is 0.279 e. The van der Waals surface area contributed by atoms with Crippen molar-refractivity contribution in [1.29, 1.82) is 0 Å². The van der Waals surface area contributed by atoms with Crippen LogP contribution in [0.1, 0.15) is 0 Å². The van der Waals surface area contributed by atoms with Gasteiger partial charge < -0.3 is 5.73 Å². The number of hydrogen-bond donors (Lipinski definition) is 1. The Morgan fingerprint density at radius 2 is 2.13 bits per heavy atom. The zero-order chi connectivity index (χ0) is 10.8. The van der Waals surface area contributed by atoms with Gasteiger partial charge in [0.2, 0.25) is 0 Å². The molecule has 15 heavy (non-hydrogen) atoms. The van der Waals surface area contributed by atoms with Gasteiger partial charge in [-0.3, -0.25) is 9.36 Å². The van der Waals surface area contributed by atoms with Crippen LogP contribution in [0.5, 0.6) is 0 Å². The van der Waals surface area contributed by atoms with Crippen molar-refractivity contribution in [1.82, 2.24) is 9.55 Å². The first-order chi connectivity index (χ1) is 7.20. The lowest BCUT2D eigenvalue weighted by Gasteiger charge is -2.05. The number of aromatic nitrogens is 2. The third kappa shape index (κ3) is 1.59. The molecule has 2 N–H and O–H groups in total. The largest absolute Gasteiger partial charge is 0.394 e. The summed E-state index contributed by atoms with van der Waals surface area (Å²) in [6.45, 7) is 0. The minimum Gasteiger partial charge on any atom is -0.394 e. The van der Waals surface area contributed by atoms with Gasteiger partial charge in [0, 0.05) is 12.4 Å². The van der Waals surface area contributed by atoms with Crippen LogP contribution in [0.4, 0.5) is 10.1 Å². The van der Waals surface area contributed by atoms with Gasteiger partial charge in [-0.25, -0.2) is 9.37 Å². The van der Waals surface area contributed by atoms with Crippen LogP contribution in [-0.4, -0.2) is 9.55 Å². The van der Waals surface area contributed by atoms with E-state index in [9.17, 15) is 9.18 Å². The molecule has 0 amide bonds. The topological polar surface area (TPSA) is 60.9 Å². The molecule has 2 aromatic heterocycles. The second kappa shape index (κ2) is 3.53. The van der Waals surface area contributed by atoms with Crippen LogP contribution in [0.2, 0.25) is 0 Å². The van der Waals surface area contributed by atoms with E-state index in [-0.39, 0.29) is 11.5 Å². The van der Waals surface area contributed by atoms with Gasteiger partial charge in [0.1, 0.15) is 0 Å².